The zero-order valence-corrected chi connectivity index (χ0v) is 10.1. The molecule has 0 spiro atoms. The van der Waals surface area contributed by atoms with Gasteiger partial charge in [0.1, 0.15) is 5.75 Å². The normalized spacial score (nSPS) is 9.53. The molecule has 2 aromatic carbocycles. The molecule has 0 unspecified atom stereocenters. The summed E-state index contributed by atoms with van der Waals surface area (Å²) in [5.41, 5.74) is 0. The molecule has 0 aromatic heterocycles. The van der Waals surface area contributed by atoms with Crippen LogP contribution in [-0.2, 0) is 0 Å². The first-order valence-electron chi connectivity index (χ1n) is 5.07. The van der Waals surface area contributed by atoms with E-state index in [4.69, 9.17) is 0 Å². The summed E-state index contributed by atoms with van der Waals surface area (Å²) in [7, 11) is 0. The third kappa shape index (κ3) is 2.66. The third-order valence-corrected chi connectivity index (χ3v) is 2.81. The topological polar surface area (TPSA) is 20.2 Å². The molecule has 15 heavy (non-hydrogen) atoms. The number of phenols is 1. The maximum absolute atomic E-state index is 9.59. The molecule has 0 atom stereocenters. The molecule has 0 saturated carbocycles. The van der Waals surface area contributed by atoms with Crippen LogP contribution in [0.2, 0.25) is 0 Å². The molecule has 0 aliphatic heterocycles. The lowest BCUT2D eigenvalue weighted by Gasteiger charge is -2.03. The summed E-state index contributed by atoms with van der Waals surface area (Å²) >= 11 is 1.56. The number of benzene rings is 2. The Balaban J connectivity index is 0.000000531. The van der Waals surface area contributed by atoms with Crippen molar-refractivity contribution in [3.63, 3.8) is 0 Å². The van der Waals surface area contributed by atoms with E-state index in [1.54, 1.807) is 17.8 Å². The fourth-order valence-electron chi connectivity index (χ4n) is 1.37. The molecule has 0 aliphatic carbocycles. The Morgan fingerprint density at radius 3 is 2.07 bits per heavy atom. The lowest BCUT2D eigenvalue weighted by molar-refractivity contribution is 0.463. The molecule has 2 rings (SSSR count). The molecule has 1 N–H and O–H groups in total. The van der Waals surface area contributed by atoms with Crippen molar-refractivity contribution in [2.75, 3.05) is 6.26 Å². The lowest BCUT2D eigenvalue weighted by atomic mass is 10.1. The Morgan fingerprint density at radius 2 is 1.53 bits per heavy atom. The summed E-state index contributed by atoms with van der Waals surface area (Å²) in [5, 5.41) is 11.8. The fourth-order valence-corrected chi connectivity index (χ4v) is 1.88. The molecule has 2 heteroatoms. The Kier molecular flexibility index (Phi) is 4.50. The molecule has 0 fully saturated rings. The number of aromatic hydroxyl groups is 1. The molecular formula is C13H16OS. The van der Waals surface area contributed by atoms with Crippen molar-refractivity contribution in [3.8, 4) is 5.75 Å². The molecule has 1 nitrogen and oxygen atoms in total. The maximum Gasteiger partial charge on any atom is 0.129 e. The quantitative estimate of drug-likeness (QED) is 0.723. The Morgan fingerprint density at radius 1 is 1.00 bits per heavy atom. The SMILES string of the molecule is CC.CSc1cc2ccccc2cc1O. The molecule has 0 heterocycles. The van der Waals surface area contributed by atoms with E-state index in [0.29, 0.717) is 5.75 Å². The minimum atomic E-state index is 0.367. The standard InChI is InChI=1S/C11H10OS.C2H6/c1-13-11-7-9-5-3-2-4-8(9)6-10(11)12;1-2/h2-7,12H,1H3;1-2H3. The van der Waals surface area contributed by atoms with Gasteiger partial charge in [0, 0.05) is 4.90 Å². The highest BCUT2D eigenvalue weighted by Crippen LogP contribution is 2.30. The van der Waals surface area contributed by atoms with Crippen molar-refractivity contribution in [1.82, 2.24) is 0 Å². The number of rotatable bonds is 1. The monoisotopic (exact) mass is 220 g/mol. The first-order valence-corrected chi connectivity index (χ1v) is 6.29. The van der Waals surface area contributed by atoms with Crippen molar-refractivity contribution in [3.05, 3.63) is 36.4 Å². The maximum atomic E-state index is 9.59. The predicted octanol–water partition coefficient (Wildman–Crippen LogP) is 4.29. The minimum absolute atomic E-state index is 0.367. The zero-order valence-electron chi connectivity index (χ0n) is 9.32. The molecule has 80 valence electrons. The molecule has 0 bridgehead atoms. The van der Waals surface area contributed by atoms with E-state index in [-0.39, 0.29) is 0 Å². The molecule has 0 amide bonds. The van der Waals surface area contributed by atoms with Crippen molar-refractivity contribution < 1.29 is 5.11 Å². The van der Waals surface area contributed by atoms with Gasteiger partial charge in [-0.25, -0.2) is 0 Å². The van der Waals surface area contributed by atoms with Crippen molar-refractivity contribution in [2.24, 2.45) is 0 Å². The van der Waals surface area contributed by atoms with Crippen LogP contribution in [0.5, 0.6) is 5.75 Å². The summed E-state index contributed by atoms with van der Waals surface area (Å²) in [6, 6.07) is 11.8. The van der Waals surface area contributed by atoms with E-state index in [2.05, 4.69) is 6.07 Å². The summed E-state index contributed by atoms with van der Waals surface area (Å²) < 4.78 is 0. The van der Waals surface area contributed by atoms with Gasteiger partial charge in [0.15, 0.2) is 0 Å². The van der Waals surface area contributed by atoms with Crippen molar-refractivity contribution in [2.45, 2.75) is 18.7 Å². The van der Waals surface area contributed by atoms with Gasteiger partial charge in [-0.1, -0.05) is 38.1 Å². The van der Waals surface area contributed by atoms with Gasteiger partial charge in [-0.2, -0.15) is 0 Å². The van der Waals surface area contributed by atoms with Crippen LogP contribution in [-0.4, -0.2) is 11.4 Å². The first kappa shape index (κ1) is 11.9. The molecule has 0 radical (unpaired) electrons. The van der Waals surface area contributed by atoms with Crippen LogP contribution in [0, 0.1) is 0 Å². The molecular weight excluding hydrogens is 204 g/mol. The van der Waals surface area contributed by atoms with Gasteiger partial charge in [-0.15, -0.1) is 11.8 Å². The molecule has 0 saturated heterocycles. The Labute approximate surface area is 95.1 Å². The van der Waals surface area contributed by atoms with E-state index < -0.39 is 0 Å². The number of phenolic OH excluding ortho intramolecular Hbond substituents is 1. The van der Waals surface area contributed by atoms with Gasteiger partial charge in [0.2, 0.25) is 0 Å². The van der Waals surface area contributed by atoms with E-state index in [0.717, 1.165) is 10.3 Å². The highest BCUT2D eigenvalue weighted by Gasteiger charge is 2.01. The van der Waals surface area contributed by atoms with Gasteiger partial charge in [-0.3, -0.25) is 0 Å². The lowest BCUT2D eigenvalue weighted by Crippen LogP contribution is -1.75. The predicted molar refractivity (Wildman–Crippen MR) is 68.7 cm³/mol. The molecule has 2 aromatic rings. The average molecular weight is 220 g/mol. The minimum Gasteiger partial charge on any atom is -0.507 e. The number of thioether (sulfide) groups is 1. The van der Waals surface area contributed by atoms with Gasteiger partial charge < -0.3 is 5.11 Å². The van der Waals surface area contributed by atoms with Crippen LogP contribution in [0.3, 0.4) is 0 Å². The van der Waals surface area contributed by atoms with Crippen LogP contribution < -0.4 is 0 Å². The van der Waals surface area contributed by atoms with Gasteiger partial charge in [0.05, 0.1) is 0 Å². The van der Waals surface area contributed by atoms with Crippen LogP contribution >= 0.6 is 11.8 Å². The molecule has 0 aliphatic rings. The highest BCUT2D eigenvalue weighted by atomic mass is 32.2. The van der Waals surface area contributed by atoms with E-state index >= 15 is 0 Å². The second-order valence-electron chi connectivity index (χ2n) is 2.87. The number of hydrogen-bond acceptors (Lipinski definition) is 2. The fraction of sp³-hybridized carbons (Fsp3) is 0.231. The van der Waals surface area contributed by atoms with Crippen LogP contribution in [0.4, 0.5) is 0 Å². The van der Waals surface area contributed by atoms with E-state index in [1.165, 1.54) is 5.39 Å². The van der Waals surface area contributed by atoms with E-state index in [9.17, 15) is 5.11 Å². The summed E-state index contributed by atoms with van der Waals surface area (Å²) in [4.78, 5) is 0.929. The summed E-state index contributed by atoms with van der Waals surface area (Å²) in [5.74, 6) is 0.367. The van der Waals surface area contributed by atoms with Gasteiger partial charge in [0.25, 0.3) is 0 Å². The number of hydrogen-bond donors (Lipinski definition) is 1. The van der Waals surface area contributed by atoms with Crippen molar-refractivity contribution >= 4 is 22.5 Å². The van der Waals surface area contributed by atoms with Crippen molar-refractivity contribution in [1.29, 1.82) is 0 Å². The van der Waals surface area contributed by atoms with Crippen LogP contribution in [0.15, 0.2) is 41.3 Å². The highest BCUT2D eigenvalue weighted by molar-refractivity contribution is 7.98. The Bertz CT molecular complexity index is 437. The second-order valence-corrected chi connectivity index (χ2v) is 3.72. The second kappa shape index (κ2) is 5.66. The Hall–Kier alpha value is -1.15. The smallest absolute Gasteiger partial charge is 0.129 e. The summed E-state index contributed by atoms with van der Waals surface area (Å²) in [6.45, 7) is 4.00. The van der Waals surface area contributed by atoms with Crippen LogP contribution in [0.25, 0.3) is 10.8 Å². The summed E-state index contributed by atoms with van der Waals surface area (Å²) in [6.07, 6.45) is 1.96. The van der Waals surface area contributed by atoms with E-state index in [1.807, 2.05) is 44.4 Å². The first-order chi connectivity index (χ1) is 7.31. The average Bonchev–Trinajstić information content (AvgIpc) is 2.31. The number of fused-ring (bicyclic) bond motifs is 1. The van der Waals surface area contributed by atoms with Crippen LogP contribution in [0.1, 0.15) is 13.8 Å². The zero-order chi connectivity index (χ0) is 11.3. The van der Waals surface area contributed by atoms with Gasteiger partial charge >= 0.3 is 0 Å². The largest absolute Gasteiger partial charge is 0.507 e. The third-order valence-electron chi connectivity index (χ3n) is 2.05. The van der Waals surface area contributed by atoms with Gasteiger partial charge in [-0.05, 0) is 29.2 Å².